The number of carbonyl (C=O) groups excluding carboxylic acids is 2. The van der Waals surface area contributed by atoms with Crippen LogP contribution in [0.15, 0.2) is 41.5 Å². The molecule has 8 heteroatoms. The number of hydrogen-bond acceptors (Lipinski definition) is 5. The molecule has 0 aliphatic carbocycles. The van der Waals surface area contributed by atoms with Crippen molar-refractivity contribution < 1.29 is 14.6 Å². The Bertz CT molecular complexity index is 1060. The maximum Gasteiger partial charge on any atom is 0.467 e. The summed E-state index contributed by atoms with van der Waals surface area (Å²) in [6.45, 7) is 13.3. The molecule has 0 fully saturated rings. The molecule has 0 atom stereocenters. The second-order valence-corrected chi connectivity index (χ2v) is 9.56. The van der Waals surface area contributed by atoms with Crippen LogP contribution in [-0.2, 0) is 0 Å². The van der Waals surface area contributed by atoms with Gasteiger partial charge in [0.05, 0.1) is 11.8 Å². The lowest BCUT2D eigenvalue weighted by Crippen LogP contribution is -2.56. The van der Waals surface area contributed by atoms with Crippen molar-refractivity contribution >= 4 is 30.5 Å². The van der Waals surface area contributed by atoms with Crippen LogP contribution in [0.4, 0.5) is 0 Å². The summed E-state index contributed by atoms with van der Waals surface area (Å²) in [6.07, 6.45) is 1.68. The van der Waals surface area contributed by atoms with E-state index in [-0.39, 0.29) is 11.9 Å². The molecule has 1 aliphatic heterocycles. The van der Waals surface area contributed by atoms with Crippen LogP contribution in [-0.4, -0.2) is 51.6 Å². The van der Waals surface area contributed by atoms with Crippen molar-refractivity contribution in [2.75, 3.05) is 0 Å². The normalized spacial score (nSPS) is 13.3. The number of fused-ring (bicyclic) bond motifs is 1. The average Bonchev–Trinajstić information content (AvgIpc) is 2.69. The number of hydrazine groups is 1. The van der Waals surface area contributed by atoms with Crippen molar-refractivity contribution in [3.63, 3.8) is 0 Å². The van der Waals surface area contributed by atoms with Crippen LogP contribution in [0.1, 0.15) is 72.0 Å². The molecule has 0 aromatic heterocycles. The molecule has 2 aromatic carbocycles. The van der Waals surface area contributed by atoms with Crippen LogP contribution >= 0.6 is 0 Å². The van der Waals surface area contributed by atoms with Gasteiger partial charge in [-0.2, -0.15) is 5.10 Å². The van der Waals surface area contributed by atoms with Gasteiger partial charge in [0.15, 0.2) is 0 Å². The number of benzene rings is 2. The standard InChI is InChI=1S/C24H31BN4O3/c1-15(2)29-25(32)21-13-18(8-9-19(21)14-26-29)22(30)27-28(24(5,6)7)23(31)20-11-16(3)10-17(4)12-20/h8-15,32H,1-7H3,(H,27,30). The van der Waals surface area contributed by atoms with Crippen LogP contribution in [0.25, 0.3) is 0 Å². The van der Waals surface area contributed by atoms with Crippen molar-refractivity contribution in [2.24, 2.45) is 5.10 Å². The molecule has 3 rings (SSSR count). The number of carbonyl (C=O) groups is 2. The molecule has 1 heterocycles. The summed E-state index contributed by atoms with van der Waals surface area (Å²) in [7, 11) is -0.946. The molecule has 0 unspecified atom stereocenters. The maximum absolute atomic E-state index is 13.3. The van der Waals surface area contributed by atoms with Crippen molar-refractivity contribution in [2.45, 2.75) is 60.0 Å². The number of rotatable bonds is 3. The van der Waals surface area contributed by atoms with Gasteiger partial charge in [0.25, 0.3) is 11.8 Å². The third-order valence-electron chi connectivity index (χ3n) is 5.29. The van der Waals surface area contributed by atoms with E-state index < -0.39 is 18.5 Å². The lowest BCUT2D eigenvalue weighted by Gasteiger charge is -2.36. The first-order valence-corrected chi connectivity index (χ1v) is 10.8. The van der Waals surface area contributed by atoms with Gasteiger partial charge in [-0.15, -0.1) is 0 Å². The van der Waals surface area contributed by atoms with Gasteiger partial charge in [0, 0.05) is 17.2 Å². The Labute approximate surface area is 190 Å². The van der Waals surface area contributed by atoms with Gasteiger partial charge >= 0.3 is 7.05 Å². The van der Waals surface area contributed by atoms with E-state index in [1.807, 2.05) is 66.7 Å². The number of hydrogen-bond donors (Lipinski definition) is 2. The third kappa shape index (κ3) is 4.86. The van der Waals surface area contributed by atoms with Gasteiger partial charge < -0.3 is 9.94 Å². The summed E-state index contributed by atoms with van der Waals surface area (Å²) < 4.78 is 0. The highest BCUT2D eigenvalue weighted by Crippen LogP contribution is 2.18. The smallest absolute Gasteiger partial charge is 0.428 e. The molecule has 1 aliphatic rings. The van der Waals surface area contributed by atoms with E-state index in [1.54, 1.807) is 29.3 Å². The Hall–Kier alpha value is -3.13. The second kappa shape index (κ2) is 8.78. The zero-order chi connectivity index (χ0) is 23.8. The van der Waals surface area contributed by atoms with Crippen molar-refractivity contribution in [1.29, 1.82) is 0 Å². The fraction of sp³-hybridized carbons (Fsp3) is 0.375. The fourth-order valence-corrected chi connectivity index (χ4v) is 3.72. The molecule has 7 nitrogen and oxygen atoms in total. The predicted molar refractivity (Wildman–Crippen MR) is 128 cm³/mol. The van der Waals surface area contributed by atoms with Gasteiger partial charge in [-0.25, -0.2) is 5.01 Å². The first kappa shape index (κ1) is 23.5. The first-order valence-electron chi connectivity index (χ1n) is 10.8. The average molecular weight is 434 g/mol. The monoisotopic (exact) mass is 434 g/mol. The lowest BCUT2D eigenvalue weighted by molar-refractivity contribution is 0.0358. The Kier molecular flexibility index (Phi) is 6.46. The highest BCUT2D eigenvalue weighted by molar-refractivity contribution is 6.65. The van der Waals surface area contributed by atoms with Gasteiger partial charge in [0.1, 0.15) is 0 Å². The number of nitrogens with one attached hydrogen (secondary N) is 1. The molecule has 2 aromatic rings. The Morgan fingerprint density at radius 3 is 2.25 bits per heavy atom. The summed E-state index contributed by atoms with van der Waals surface area (Å²) in [5.41, 5.74) is 6.31. The van der Waals surface area contributed by atoms with Gasteiger partial charge in [-0.05, 0) is 83.8 Å². The zero-order valence-electron chi connectivity index (χ0n) is 19.8. The number of aryl methyl sites for hydroxylation is 2. The van der Waals surface area contributed by atoms with E-state index in [4.69, 9.17) is 0 Å². The largest absolute Gasteiger partial charge is 0.467 e. The molecule has 168 valence electrons. The van der Waals surface area contributed by atoms with E-state index in [0.717, 1.165) is 16.7 Å². The minimum Gasteiger partial charge on any atom is -0.428 e. The molecular weight excluding hydrogens is 403 g/mol. The lowest BCUT2D eigenvalue weighted by atomic mass is 9.68. The highest BCUT2D eigenvalue weighted by atomic mass is 16.2. The second-order valence-electron chi connectivity index (χ2n) is 9.56. The first-order chi connectivity index (χ1) is 14.9. The van der Waals surface area contributed by atoms with Crippen molar-refractivity contribution in [1.82, 2.24) is 15.4 Å². The molecular formula is C24H31BN4O3. The fourth-order valence-electron chi connectivity index (χ4n) is 3.72. The zero-order valence-corrected chi connectivity index (χ0v) is 19.8. The van der Waals surface area contributed by atoms with E-state index >= 15 is 0 Å². The van der Waals surface area contributed by atoms with Crippen molar-refractivity contribution in [3.8, 4) is 0 Å². The molecule has 0 spiro atoms. The van der Waals surface area contributed by atoms with E-state index in [1.165, 1.54) is 5.01 Å². The minimum absolute atomic E-state index is 0.00123. The molecule has 0 saturated heterocycles. The number of nitrogens with zero attached hydrogens (tertiary/aromatic N) is 3. The van der Waals surface area contributed by atoms with Crippen molar-refractivity contribution in [3.05, 3.63) is 64.2 Å². The van der Waals surface area contributed by atoms with Crippen LogP contribution < -0.4 is 10.9 Å². The van der Waals surface area contributed by atoms with E-state index in [9.17, 15) is 14.6 Å². The topological polar surface area (TPSA) is 85.2 Å². The van der Waals surface area contributed by atoms with Crippen LogP contribution in [0.2, 0.25) is 0 Å². The summed E-state index contributed by atoms with van der Waals surface area (Å²) in [6, 6.07) is 10.7. The number of amides is 2. The Balaban J connectivity index is 1.90. The summed E-state index contributed by atoms with van der Waals surface area (Å²) in [5.74, 6) is -0.708. The third-order valence-corrected chi connectivity index (χ3v) is 5.29. The van der Waals surface area contributed by atoms with Crippen LogP contribution in [0.3, 0.4) is 0 Å². The Morgan fingerprint density at radius 2 is 1.69 bits per heavy atom. The predicted octanol–water partition coefficient (Wildman–Crippen LogP) is 2.63. The molecule has 0 radical (unpaired) electrons. The summed E-state index contributed by atoms with van der Waals surface area (Å²) in [4.78, 5) is 28.0. The quantitative estimate of drug-likeness (QED) is 0.575. The molecule has 2 N–H and O–H groups in total. The van der Waals surface area contributed by atoms with E-state index in [2.05, 4.69) is 10.5 Å². The Morgan fingerprint density at radius 1 is 1.06 bits per heavy atom. The van der Waals surface area contributed by atoms with Gasteiger partial charge in [-0.3, -0.25) is 15.0 Å². The van der Waals surface area contributed by atoms with Crippen LogP contribution in [0.5, 0.6) is 0 Å². The number of hydrazone groups is 1. The maximum atomic E-state index is 13.3. The summed E-state index contributed by atoms with van der Waals surface area (Å²) in [5, 5.41) is 16.4. The molecule has 0 saturated carbocycles. The molecule has 0 bridgehead atoms. The van der Waals surface area contributed by atoms with Gasteiger partial charge in [0.2, 0.25) is 0 Å². The summed E-state index contributed by atoms with van der Waals surface area (Å²) >= 11 is 0. The van der Waals surface area contributed by atoms with Crippen LogP contribution in [0, 0.1) is 13.8 Å². The van der Waals surface area contributed by atoms with E-state index in [0.29, 0.717) is 16.6 Å². The minimum atomic E-state index is -0.946. The SMILES string of the molecule is Cc1cc(C)cc(C(=O)N(NC(=O)c2ccc3c(c2)B(O)N(C(C)C)N=C3)C(C)(C)C)c1. The highest BCUT2D eigenvalue weighted by Gasteiger charge is 2.33. The molecule has 2 amide bonds. The molecule has 32 heavy (non-hydrogen) atoms. The van der Waals surface area contributed by atoms with Gasteiger partial charge in [-0.1, -0.05) is 23.3 Å².